The average molecular weight is 346 g/mol. The highest BCUT2D eigenvalue weighted by Crippen LogP contribution is 2.31. The van der Waals surface area contributed by atoms with Gasteiger partial charge in [0.15, 0.2) is 0 Å². The van der Waals surface area contributed by atoms with Crippen molar-refractivity contribution in [1.82, 2.24) is 19.5 Å². The third-order valence-electron chi connectivity index (χ3n) is 4.05. The quantitative estimate of drug-likeness (QED) is 0.527. The number of pyridine rings is 1. The van der Waals surface area contributed by atoms with Gasteiger partial charge in [0.25, 0.3) is 0 Å². The van der Waals surface area contributed by atoms with E-state index in [9.17, 15) is 0 Å². The Morgan fingerprint density at radius 1 is 1.04 bits per heavy atom. The Morgan fingerprint density at radius 3 is 2.60 bits per heavy atom. The van der Waals surface area contributed by atoms with E-state index in [2.05, 4.69) is 40.1 Å². The molecule has 0 aliphatic carbocycles. The smallest absolute Gasteiger partial charge is 0.0963 e. The predicted octanol–water partition coefficient (Wildman–Crippen LogP) is 4.68. The molecule has 0 atom stereocenters. The monoisotopic (exact) mass is 346 g/mol. The van der Waals surface area contributed by atoms with E-state index in [1.54, 1.807) is 17.5 Å². The second-order valence-corrected chi connectivity index (χ2v) is 6.71. The number of imidazole rings is 1. The minimum absolute atomic E-state index is 0.709. The Bertz CT molecular complexity index is 958. The zero-order valence-electron chi connectivity index (χ0n) is 14.0. The molecule has 0 aliphatic rings. The first-order valence-corrected chi connectivity index (χ1v) is 9.17. The second-order valence-electron chi connectivity index (χ2n) is 5.76. The summed E-state index contributed by atoms with van der Waals surface area (Å²) in [5.41, 5.74) is 5.28. The zero-order chi connectivity index (χ0) is 17.1. The number of rotatable bonds is 5. The van der Waals surface area contributed by atoms with Gasteiger partial charge < -0.3 is 4.57 Å². The van der Waals surface area contributed by atoms with Crippen LogP contribution < -0.4 is 0 Å². The highest BCUT2D eigenvalue weighted by Gasteiger charge is 2.16. The van der Waals surface area contributed by atoms with E-state index in [0.717, 1.165) is 34.6 Å². The molecule has 0 saturated carbocycles. The fraction of sp³-hybridized carbons (Fsp3) is 0.150. The van der Waals surface area contributed by atoms with Crippen LogP contribution in [0.25, 0.3) is 22.5 Å². The van der Waals surface area contributed by atoms with Crippen LogP contribution in [-0.4, -0.2) is 19.5 Å². The lowest BCUT2D eigenvalue weighted by molar-refractivity contribution is 0.781. The molecule has 0 aliphatic heterocycles. The molecule has 0 N–H and O–H groups in total. The summed E-state index contributed by atoms with van der Waals surface area (Å²) >= 11 is 1.72. The molecule has 0 unspecified atom stereocenters. The molecule has 0 bridgehead atoms. The average Bonchev–Trinajstić information content (AvgIpc) is 3.30. The number of hydrogen-bond acceptors (Lipinski definition) is 4. The molecule has 124 valence electrons. The largest absolute Gasteiger partial charge is 0.324 e. The van der Waals surface area contributed by atoms with Crippen molar-refractivity contribution in [2.75, 3.05) is 0 Å². The minimum Gasteiger partial charge on any atom is -0.324 e. The first-order valence-electron chi connectivity index (χ1n) is 8.29. The number of hydrogen-bond donors (Lipinski definition) is 0. The van der Waals surface area contributed by atoms with Gasteiger partial charge >= 0.3 is 0 Å². The maximum absolute atomic E-state index is 4.70. The summed E-state index contributed by atoms with van der Waals surface area (Å²) in [6.07, 6.45) is 6.55. The minimum atomic E-state index is 0.709. The van der Waals surface area contributed by atoms with Crippen molar-refractivity contribution >= 4 is 11.3 Å². The van der Waals surface area contributed by atoms with Crippen LogP contribution in [-0.2, 0) is 13.0 Å². The van der Waals surface area contributed by atoms with Crippen LogP contribution in [0, 0.1) is 0 Å². The molecule has 0 radical (unpaired) electrons. The topological polar surface area (TPSA) is 43.6 Å². The van der Waals surface area contributed by atoms with Crippen LogP contribution in [0.4, 0.5) is 0 Å². The lowest BCUT2D eigenvalue weighted by Gasteiger charge is -2.09. The summed E-state index contributed by atoms with van der Waals surface area (Å²) < 4.78 is 2.16. The van der Waals surface area contributed by atoms with Crippen molar-refractivity contribution in [2.45, 2.75) is 19.9 Å². The van der Waals surface area contributed by atoms with Gasteiger partial charge in [0.1, 0.15) is 0 Å². The highest BCUT2D eigenvalue weighted by molar-refractivity contribution is 7.09. The lowest BCUT2D eigenvalue weighted by atomic mass is 10.1. The first-order chi connectivity index (χ1) is 12.3. The van der Waals surface area contributed by atoms with Crippen LogP contribution >= 0.6 is 11.3 Å². The predicted molar refractivity (Wildman–Crippen MR) is 101 cm³/mol. The van der Waals surface area contributed by atoms with E-state index in [0.29, 0.717) is 6.54 Å². The molecule has 4 rings (SSSR count). The number of aromatic nitrogens is 4. The first kappa shape index (κ1) is 15.7. The molecule has 0 amide bonds. The van der Waals surface area contributed by atoms with Crippen LogP contribution in [0.2, 0.25) is 0 Å². The molecule has 0 spiro atoms. The van der Waals surface area contributed by atoms with Gasteiger partial charge in [-0.15, -0.1) is 11.3 Å². The number of aryl methyl sites for hydroxylation is 1. The van der Waals surface area contributed by atoms with E-state index in [4.69, 9.17) is 9.97 Å². The maximum atomic E-state index is 4.70. The number of nitrogens with zero attached hydrogens (tertiary/aromatic N) is 4. The summed E-state index contributed by atoms with van der Waals surface area (Å²) in [5.74, 6) is 0. The van der Waals surface area contributed by atoms with Gasteiger partial charge in [0.05, 0.1) is 35.0 Å². The van der Waals surface area contributed by atoms with Crippen molar-refractivity contribution in [2.24, 2.45) is 0 Å². The maximum Gasteiger partial charge on any atom is 0.0963 e. The summed E-state index contributed by atoms with van der Waals surface area (Å²) in [4.78, 5) is 13.7. The van der Waals surface area contributed by atoms with Gasteiger partial charge in [-0.1, -0.05) is 37.3 Å². The van der Waals surface area contributed by atoms with E-state index in [-0.39, 0.29) is 0 Å². The molecular weight excluding hydrogens is 328 g/mol. The van der Waals surface area contributed by atoms with Crippen molar-refractivity contribution in [3.05, 3.63) is 77.3 Å². The molecule has 4 nitrogen and oxygen atoms in total. The summed E-state index contributed by atoms with van der Waals surface area (Å²) in [7, 11) is 0. The Hall–Kier alpha value is -2.79. The fourth-order valence-electron chi connectivity index (χ4n) is 2.87. The van der Waals surface area contributed by atoms with Crippen LogP contribution in [0.5, 0.6) is 0 Å². The Labute approximate surface area is 150 Å². The third kappa shape index (κ3) is 3.23. The van der Waals surface area contributed by atoms with Crippen molar-refractivity contribution in [1.29, 1.82) is 0 Å². The zero-order valence-corrected chi connectivity index (χ0v) is 14.8. The summed E-state index contributed by atoms with van der Waals surface area (Å²) in [5, 5.41) is 3.30. The van der Waals surface area contributed by atoms with E-state index < -0.39 is 0 Å². The normalized spacial score (nSPS) is 10.9. The van der Waals surface area contributed by atoms with Crippen LogP contribution in [0.1, 0.15) is 17.6 Å². The van der Waals surface area contributed by atoms with Gasteiger partial charge in [-0.3, -0.25) is 4.98 Å². The van der Waals surface area contributed by atoms with Crippen molar-refractivity contribution in [3.8, 4) is 22.5 Å². The van der Waals surface area contributed by atoms with Gasteiger partial charge in [0.2, 0.25) is 0 Å². The lowest BCUT2D eigenvalue weighted by Crippen LogP contribution is -2.02. The van der Waals surface area contributed by atoms with Crippen LogP contribution in [0.15, 0.2) is 66.6 Å². The SMILES string of the molecule is CCc1nc(Cn2cnc(-c3ccccc3)c2-c2cccnc2)cs1. The summed E-state index contributed by atoms with van der Waals surface area (Å²) in [6.45, 7) is 2.84. The standard InChI is InChI=1S/C20H18N4S/c1-2-18-23-17(13-25-18)12-24-14-22-19(15-7-4-3-5-8-15)20(24)16-9-6-10-21-11-16/h3-11,13-14H,2,12H2,1H3. The van der Waals surface area contributed by atoms with Gasteiger partial charge in [-0.2, -0.15) is 0 Å². The molecule has 3 aromatic heterocycles. The van der Waals surface area contributed by atoms with Crippen molar-refractivity contribution < 1.29 is 0 Å². The molecular formula is C20H18N4S. The Morgan fingerprint density at radius 2 is 1.88 bits per heavy atom. The molecule has 0 fully saturated rings. The molecule has 1 aromatic carbocycles. The van der Waals surface area contributed by atoms with E-state index in [1.165, 1.54) is 5.01 Å². The Kier molecular flexibility index (Phi) is 4.39. The second kappa shape index (κ2) is 6.99. The summed E-state index contributed by atoms with van der Waals surface area (Å²) in [6, 6.07) is 14.3. The highest BCUT2D eigenvalue weighted by atomic mass is 32.1. The molecule has 25 heavy (non-hydrogen) atoms. The van der Waals surface area contributed by atoms with Gasteiger partial charge in [-0.05, 0) is 18.6 Å². The third-order valence-corrected chi connectivity index (χ3v) is 5.10. The van der Waals surface area contributed by atoms with Crippen molar-refractivity contribution in [3.63, 3.8) is 0 Å². The molecule has 0 saturated heterocycles. The fourth-order valence-corrected chi connectivity index (χ4v) is 3.61. The molecule has 4 aromatic rings. The molecule has 3 heterocycles. The van der Waals surface area contributed by atoms with E-state index in [1.807, 2.05) is 36.8 Å². The van der Waals surface area contributed by atoms with Gasteiger partial charge in [0, 0.05) is 28.9 Å². The number of benzene rings is 1. The Balaban J connectivity index is 1.80. The van der Waals surface area contributed by atoms with Gasteiger partial charge in [-0.25, -0.2) is 9.97 Å². The van der Waals surface area contributed by atoms with Crippen LogP contribution in [0.3, 0.4) is 0 Å². The molecule has 5 heteroatoms. The van der Waals surface area contributed by atoms with E-state index >= 15 is 0 Å². The number of thiazole rings is 1.